The number of hydrogen-bond acceptors (Lipinski definition) is 4. The average Bonchev–Trinajstić information content (AvgIpc) is 2.02. The Labute approximate surface area is 84.0 Å². The predicted molar refractivity (Wildman–Crippen MR) is 61.8 cm³/mol. The van der Waals surface area contributed by atoms with Crippen molar-refractivity contribution in [3.05, 3.63) is 0 Å². The van der Waals surface area contributed by atoms with Crippen LogP contribution < -0.4 is 5.73 Å². The topological polar surface area (TPSA) is 29.3 Å². The van der Waals surface area contributed by atoms with Crippen LogP contribution in [0.25, 0.3) is 0 Å². The Kier molecular flexibility index (Phi) is 10.2. The summed E-state index contributed by atoms with van der Waals surface area (Å²) in [5.74, 6) is 2.45. The van der Waals surface area contributed by atoms with Crippen LogP contribution in [0.4, 0.5) is 0 Å². The van der Waals surface area contributed by atoms with E-state index in [0.717, 1.165) is 13.0 Å². The third-order valence-electron chi connectivity index (χ3n) is 1.35. The Bertz CT molecular complexity index is 89.1. The van der Waals surface area contributed by atoms with E-state index in [4.69, 9.17) is 5.73 Å². The molecule has 0 atom stereocenters. The van der Waals surface area contributed by atoms with Crippen LogP contribution in [0.1, 0.15) is 12.8 Å². The van der Waals surface area contributed by atoms with Crippen molar-refractivity contribution in [3.63, 3.8) is 0 Å². The van der Waals surface area contributed by atoms with E-state index < -0.39 is 0 Å². The first kappa shape index (κ1) is 12.6. The summed E-state index contributed by atoms with van der Waals surface area (Å²) >= 11 is 0. The van der Waals surface area contributed by atoms with Crippen molar-refractivity contribution >= 4 is 21.6 Å². The molecule has 0 rings (SSSR count). The minimum atomic E-state index is 0.825. The maximum absolute atomic E-state index is 5.38. The number of rotatable bonds is 8. The second-order valence-corrected chi connectivity index (χ2v) is 5.65. The molecule has 2 N–H and O–H groups in total. The van der Waals surface area contributed by atoms with Gasteiger partial charge in [-0.3, -0.25) is 0 Å². The molecule has 0 radical (unpaired) electrons. The standard InChI is InChI=1S/C8H20N2S2/c1-10(2)6-4-8-12-11-7-3-5-9/h3-9H2,1-2H3. The van der Waals surface area contributed by atoms with Crippen LogP contribution in [-0.4, -0.2) is 43.6 Å². The van der Waals surface area contributed by atoms with E-state index in [1.807, 2.05) is 21.6 Å². The number of nitrogens with two attached hydrogens (primary N) is 1. The molecule has 0 fully saturated rings. The second-order valence-electron chi connectivity index (χ2n) is 2.94. The second kappa shape index (κ2) is 9.71. The van der Waals surface area contributed by atoms with Crippen molar-refractivity contribution in [1.82, 2.24) is 4.90 Å². The molecule has 0 aliphatic heterocycles. The molecule has 0 bridgehead atoms. The maximum Gasteiger partial charge on any atom is 0.00491 e. The molecule has 0 saturated heterocycles. The summed E-state index contributed by atoms with van der Waals surface area (Å²) in [6.07, 6.45) is 2.43. The van der Waals surface area contributed by atoms with Gasteiger partial charge in [0.2, 0.25) is 0 Å². The van der Waals surface area contributed by atoms with Crippen LogP contribution in [-0.2, 0) is 0 Å². The van der Waals surface area contributed by atoms with Crippen LogP contribution in [0.2, 0.25) is 0 Å². The molecule has 0 heterocycles. The Balaban J connectivity index is 2.82. The summed E-state index contributed by atoms with van der Waals surface area (Å²) in [6.45, 7) is 2.02. The third kappa shape index (κ3) is 10.6. The largest absolute Gasteiger partial charge is 0.330 e. The Morgan fingerprint density at radius 2 is 1.67 bits per heavy atom. The minimum Gasteiger partial charge on any atom is -0.330 e. The van der Waals surface area contributed by atoms with Gasteiger partial charge >= 0.3 is 0 Å². The van der Waals surface area contributed by atoms with Gasteiger partial charge in [0, 0.05) is 11.5 Å². The van der Waals surface area contributed by atoms with Crippen LogP contribution >= 0.6 is 21.6 Å². The van der Waals surface area contributed by atoms with Crippen molar-refractivity contribution in [3.8, 4) is 0 Å². The van der Waals surface area contributed by atoms with Gasteiger partial charge in [0.25, 0.3) is 0 Å². The molecule has 0 amide bonds. The van der Waals surface area contributed by atoms with Gasteiger partial charge in [-0.1, -0.05) is 21.6 Å². The molecule has 0 aromatic carbocycles. The summed E-state index contributed by atoms with van der Waals surface area (Å²) in [7, 11) is 8.15. The SMILES string of the molecule is CN(C)CCCSSCCCN. The summed E-state index contributed by atoms with van der Waals surface area (Å²) in [6, 6.07) is 0. The molecule has 0 aromatic heterocycles. The van der Waals surface area contributed by atoms with E-state index in [2.05, 4.69) is 19.0 Å². The molecule has 12 heavy (non-hydrogen) atoms. The van der Waals surface area contributed by atoms with E-state index in [0.29, 0.717) is 0 Å². The lowest BCUT2D eigenvalue weighted by molar-refractivity contribution is 0.410. The summed E-state index contributed by atoms with van der Waals surface area (Å²) < 4.78 is 0. The molecule has 0 spiro atoms. The summed E-state index contributed by atoms with van der Waals surface area (Å²) in [5.41, 5.74) is 5.38. The lowest BCUT2D eigenvalue weighted by Gasteiger charge is -2.07. The molecule has 74 valence electrons. The van der Waals surface area contributed by atoms with E-state index in [1.165, 1.54) is 24.5 Å². The molecule has 0 aliphatic carbocycles. The van der Waals surface area contributed by atoms with Crippen LogP contribution in [0.15, 0.2) is 0 Å². The highest BCUT2D eigenvalue weighted by Gasteiger charge is 1.92. The third-order valence-corrected chi connectivity index (χ3v) is 3.93. The van der Waals surface area contributed by atoms with Crippen molar-refractivity contribution in [1.29, 1.82) is 0 Å². The van der Waals surface area contributed by atoms with Crippen LogP contribution in [0, 0.1) is 0 Å². The summed E-state index contributed by atoms with van der Waals surface area (Å²) in [4.78, 5) is 2.23. The highest BCUT2D eigenvalue weighted by Crippen LogP contribution is 2.22. The normalized spacial score (nSPS) is 11.0. The van der Waals surface area contributed by atoms with Gasteiger partial charge < -0.3 is 10.6 Å². The first-order valence-corrected chi connectivity index (χ1v) is 6.85. The molecular formula is C8H20N2S2. The van der Waals surface area contributed by atoms with Crippen molar-refractivity contribution in [2.75, 3.05) is 38.7 Å². The Morgan fingerprint density at radius 1 is 1.08 bits per heavy atom. The van der Waals surface area contributed by atoms with E-state index >= 15 is 0 Å². The van der Waals surface area contributed by atoms with E-state index in [9.17, 15) is 0 Å². The van der Waals surface area contributed by atoms with Crippen LogP contribution in [0.3, 0.4) is 0 Å². The lowest BCUT2D eigenvalue weighted by atomic mass is 10.5. The van der Waals surface area contributed by atoms with Gasteiger partial charge in [0.1, 0.15) is 0 Å². The molecule has 0 unspecified atom stereocenters. The van der Waals surface area contributed by atoms with Gasteiger partial charge in [0.05, 0.1) is 0 Å². The van der Waals surface area contributed by atoms with Crippen LogP contribution in [0.5, 0.6) is 0 Å². The zero-order valence-corrected chi connectivity index (χ0v) is 9.72. The number of nitrogens with zero attached hydrogens (tertiary/aromatic N) is 1. The van der Waals surface area contributed by atoms with Gasteiger partial charge in [-0.2, -0.15) is 0 Å². The van der Waals surface area contributed by atoms with Gasteiger partial charge in [-0.05, 0) is 40.0 Å². The average molecular weight is 208 g/mol. The predicted octanol–water partition coefficient (Wildman–Crippen LogP) is 1.67. The molecule has 0 aromatic rings. The molecule has 2 nitrogen and oxygen atoms in total. The minimum absolute atomic E-state index is 0.825. The molecule has 4 heteroatoms. The Morgan fingerprint density at radius 3 is 2.17 bits per heavy atom. The smallest absolute Gasteiger partial charge is 0.00491 e. The molecular weight excluding hydrogens is 188 g/mol. The Hall–Kier alpha value is 0.620. The van der Waals surface area contributed by atoms with Crippen molar-refractivity contribution in [2.45, 2.75) is 12.8 Å². The fourth-order valence-electron chi connectivity index (χ4n) is 0.700. The van der Waals surface area contributed by atoms with Gasteiger partial charge in [-0.15, -0.1) is 0 Å². The number of hydrogen-bond donors (Lipinski definition) is 1. The van der Waals surface area contributed by atoms with Gasteiger partial charge in [-0.25, -0.2) is 0 Å². The zero-order chi connectivity index (χ0) is 9.23. The molecule has 0 aliphatic rings. The summed E-state index contributed by atoms with van der Waals surface area (Å²) in [5, 5.41) is 0. The van der Waals surface area contributed by atoms with Crippen molar-refractivity contribution < 1.29 is 0 Å². The van der Waals surface area contributed by atoms with Gasteiger partial charge in [0.15, 0.2) is 0 Å². The van der Waals surface area contributed by atoms with E-state index in [-0.39, 0.29) is 0 Å². The molecule has 0 saturated carbocycles. The highest BCUT2D eigenvalue weighted by atomic mass is 33.1. The zero-order valence-electron chi connectivity index (χ0n) is 8.08. The fourth-order valence-corrected chi connectivity index (χ4v) is 2.88. The first-order valence-electron chi connectivity index (χ1n) is 4.36. The fraction of sp³-hybridized carbons (Fsp3) is 1.00. The maximum atomic E-state index is 5.38. The monoisotopic (exact) mass is 208 g/mol. The lowest BCUT2D eigenvalue weighted by Crippen LogP contribution is -2.13. The quantitative estimate of drug-likeness (QED) is 0.485. The van der Waals surface area contributed by atoms with Crippen molar-refractivity contribution in [2.24, 2.45) is 5.73 Å². The van der Waals surface area contributed by atoms with E-state index in [1.54, 1.807) is 0 Å². The highest BCUT2D eigenvalue weighted by molar-refractivity contribution is 8.76. The first-order chi connectivity index (χ1) is 5.77.